The summed E-state index contributed by atoms with van der Waals surface area (Å²) in [6, 6.07) is 3.49. The summed E-state index contributed by atoms with van der Waals surface area (Å²) in [4.78, 5) is 6.26. The average molecular weight is 291 g/mol. The second-order valence-electron chi connectivity index (χ2n) is 5.17. The van der Waals surface area contributed by atoms with Crippen LogP contribution in [-0.2, 0) is 13.1 Å². The van der Waals surface area contributed by atoms with Crippen LogP contribution in [0.15, 0.2) is 29.0 Å². The molecule has 0 bridgehead atoms. The van der Waals surface area contributed by atoms with Crippen LogP contribution in [0.4, 0.5) is 10.2 Å². The van der Waals surface area contributed by atoms with E-state index in [1.807, 2.05) is 24.9 Å². The number of hydrogen-bond acceptors (Lipinski definition) is 4. The summed E-state index contributed by atoms with van der Waals surface area (Å²) >= 11 is 0. The summed E-state index contributed by atoms with van der Waals surface area (Å²) < 4.78 is 18.7. The molecule has 0 amide bonds. The normalized spacial score (nSPS) is 10.9. The molecule has 0 aliphatic carbocycles. The van der Waals surface area contributed by atoms with Crippen molar-refractivity contribution in [3.05, 3.63) is 47.3 Å². The molecule has 0 fully saturated rings. The van der Waals surface area contributed by atoms with Crippen molar-refractivity contribution >= 4 is 5.82 Å². The monoisotopic (exact) mass is 291 g/mol. The zero-order chi connectivity index (χ0) is 15.2. The van der Waals surface area contributed by atoms with E-state index in [1.165, 1.54) is 6.20 Å². The summed E-state index contributed by atoms with van der Waals surface area (Å²) in [7, 11) is 1.95. The van der Waals surface area contributed by atoms with E-state index in [4.69, 9.17) is 4.42 Å². The topological polar surface area (TPSA) is 41.3 Å². The van der Waals surface area contributed by atoms with Gasteiger partial charge in [0.1, 0.15) is 17.4 Å². The standard InChI is InChI=1S/C16H22FN3O/c1-4-6-18-9-14-8-15(17)10-19-16(14)20(3)11-13-5-7-21-12(13)2/h5,7-8,10,18H,4,6,9,11H2,1-3H3. The van der Waals surface area contributed by atoms with Crippen molar-refractivity contribution in [2.75, 3.05) is 18.5 Å². The third-order valence-electron chi connectivity index (χ3n) is 3.39. The Hall–Kier alpha value is -1.88. The maximum atomic E-state index is 13.4. The highest BCUT2D eigenvalue weighted by Crippen LogP contribution is 2.21. The number of nitrogens with one attached hydrogen (secondary N) is 1. The lowest BCUT2D eigenvalue weighted by Gasteiger charge is -2.21. The number of nitrogens with zero attached hydrogens (tertiary/aromatic N) is 2. The Morgan fingerprint density at radius 2 is 2.19 bits per heavy atom. The molecule has 0 saturated heterocycles. The van der Waals surface area contributed by atoms with Crippen LogP contribution in [0.25, 0.3) is 0 Å². The van der Waals surface area contributed by atoms with Crippen LogP contribution >= 0.6 is 0 Å². The molecule has 5 heteroatoms. The Labute approximate surface area is 125 Å². The maximum Gasteiger partial charge on any atom is 0.141 e. The SMILES string of the molecule is CCCNCc1cc(F)cnc1N(C)Cc1ccoc1C. The van der Waals surface area contributed by atoms with E-state index < -0.39 is 0 Å². The Morgan fingerprint density at radius 3 is 2.86 bits per heavy atom. The minimum atomic E-state index is -0.306. The lowest BCUT2D eigenvalue weighted by molar-refractivity contribution is 0.529. The van der Waals surface area contributed by atoms with E-state index in [9.17, 15) is 4.39 Å². The van der Waals surface area contributed by atoms with E-state index in [1.54, 1.807) is 12.3 Å². The predicted molar refractivity (Wildman–Crippen MR) is 81.7 cm³/mol. The molecule has 1 N–H and O–H groups in total. The van der Waals surface area contributed by atoms with Crippen LogP contribution in [0.2, 0.25) is 0 Å². The van der Waals surface area contributed by atoms with Crippen molar-refractivity contribution in [2.45, 2.75) is 33.4 Å². The van der Waals surface area contributed by atoms with Gasteiger partial charge in [-0.1, -0.05) is 6.92 Å². The number of halogens is 1. The molecule has 0 spiro atoms. The van der Waals surface area contributed by atoms with Gasteiger partial charge in [0.2, 0.25) is 0 Å². The highest BCUT2D eigenvalue weighted by atomic mass is 19.1. The molecular weight excluding hydrogens is 269 g/mol. The highest BCUT2D eigenvalue weighted by Gasteiger charge is 2.12. The third-order valence-corrected chi connectivity index (χ3v) is 3.39. The Kier molecular flexibility index (Phi) is 5.33. The van der Waals surface area contributed by atoms with E-state index in [0.29, 0.717) is 13.1 Å². The molecule has 0 unspecified atom stereocenters. The van der Waals surface area contributed by atoms with Crippen LogP contribution in [-0.4, -0.2) is 18.6 Å². The van der Waals surface area contributed by atoms with Crippen molar-refractivity contribution < 1.29 is 8.81 Å². The number of aromatic nitrogens is 1. The first-order valence-electron chi connectivity index (χ1n) is 7.21. The van der Waals surface area contributed by atoms with Gasteiger partial charge in [0.25, 0.3) is 0 Å². The largest absolute Gasteiger partial charge is 0.469 e. The first kappa shape index (κ1) is 15.5. The quantitative estimate of drug-likeness (QED) is 0.795. The second kappa shape index (κ2) is 7.22. The molecule has 0 radical (unpaired) electrons. The Bertz CT molecular complexity index is 583. The predicted octanol–water partition coefficient (Wildman–Crippen LogP) is 3.26. The van der Waals surface area contributed by atoms with Crippen LogP contribution in [0.5, 0.6) is 0 Å². The minimum Gasteiger partial charge on any atom is -0.469 e. The molecule has 0 aliphatic heterocycles. The molecule has 2 heterocycles. The van der Waals surface area contributed by atoms with E-state index >= 15 is 0 Å². The first-order chi connectivity index (χ1) is 10.1. The number of aryl methyl sites for hydroxylation is 1. The highest BCUT2D eigenvalue weighted by molar-refractivity contribution is 5.47. The summed E-state index contributed by atoms with van der Waals surface area (Å²) in [5.74, 6) is 1.38. The molecule has 2 rings (SSSR count). The summed E-state index contributed by atoms with van der Waals surface area (Å²) in [5, 5.41) is 3.29. The van der Waals surface area contributed by atoms with Gasteiger partial charge in [0.15, 0.2) is 0 Å². The Balaban J connectivity index is 2.15. The number of anilines is 1. The van der Waals surface area contributed by atoms with Gasteiger partial charge in [-0.3, -0.25) is 0 Å². The van der Waals surface area contributed by atoms with Gasteiger partial charge in [-0.15, -0.1) is 0 Å². The zero-order valence-corrected chi connectivity index (χ0v) is 12.8. The van der Waals surface area contributed by atoms with Gasteiger partial charge in [0.05, 0.1) is 12.5 Å². The van der Waals surface area contributed by atoms with Crippen molar-refractivity contribution in [1.82, 2.24) is 10.3 Å². The van der Waals surface area contributed by atoms with Crippen molar-refractivity contribution in [3.63, 3.8) is 0 Å². The summed E-state index contributed by atoms with van der Waals surface area (Å²) in [6.45, 7) is 6.24. The molecule has 0 atom stereocenters. The molecule has 2 aromatic rings. The third kappa shape index (κ3) is 4.04. The van der Waals surface area contributed by atoms with Crippen molar-refractivity contribution in [3.8, 4) is 0 Å². The fourth-order valence-electron chi connectivity index (χ4n) is 2.25. The van der Waals surface area contributed by atoms with E-state index in [-0.39, 0.29) is 5.82 Å². The number of rotatable bonds is 7. The molecule has 21 heavy (non-hydrogen) atoms. The van der Waals surface area contributed by atoms with Crippen LogP contribution in [0.1, 0.15) is 30.2 Å². The average Bonchev–Trinajstić information content (AvgIpc) is 2.84. The van der Waals surface area contributed by atoms with Crippen molar-refractivity contribution in [1.29, 1.82) is 0 Å². The van der Waals surface area contributed by atoms with E-state index in [0.717, 1.165) is 35.7 Å². The molecule has 4 nitrogen and oxygen atoms in total. The summed E-state index contributed by atoms with van der Waals surface area (Å²) in [6.07, 6.45) is 3.99. The first-order valence-corrected chi connectivity index (χ1v) is 7.21. The Morgan fingerprint density at radius 1 is 1.38 bits per heavy atom. The second-order valence-corrected chi connectivity index (χ2v) is 5.17. The van der Waals surface area contributed by atoms with Gasteiger partial charge in [-0.2, -0.15) is 0 Å². The van der Waals surface area contributed by atoms with Crippen molar-refractivity contribution in [2.24, 2.45) is 0 Å². The molecule has 0 aliphatic rings. The number of furan rings is 1. The zero-order valence-electron chi connectivity index (χ0n) is 12.8. The van der Waals surface area contributed by atoms with Crippen LogP contribution in [0.3, 0.4) is 0 Å². The molecule has 0 saturated carbocycles. The minimum absolute atomic E-state index is 0.306. The maximum absolute atomic E-state index is 13.4. The fraction of sp³-hybridized carbons (Fsp3) is 0.438. The lowest BCUT2D eigenvalue weighted by atomic mass is 10.2. The van der Waals surface area contributed by atoms with Gasteiger partial charge >= 0.3 is 0 Å². The molecule has 114 valence electrons. The number of hydrogen-bond donors (Lipinski definition) is 1. The van der Waals surface area contributed by atoms with Crippen LogP contribution < -0.4 is 10.2 Å². The van der Waals surface area contributed by atoms with Gasteiger partial charge < -0.3 is 14.6 Å². The number of pyridine rings is 1. The summed E-state index contributed by atoms with van der Waals surface area (Å²) in [5.41, 5.74) is 1.98. The molecule has 0 aromatic carbocycles. The molecule has 2 aromatic heterocycles. The van der Waals surface area contributed by atoms with Crippen LogP contribution in [0, 0.1) is 12.7 Å². The fourth-order valence-corrected chi connectivity index (χ4v) is 2.25. The van der Waals surface area contributed by atoms with Gasteiger partial charge in [-0.25, -0.2) is 9.37 Å². The van der Waals surface area contributed by atoms with Gasteiger partial charge in [0, 0.05) is 31.3 Å². The van der Waals surface area contributed by atoms with Gasteiger partial charge in [-0.05, 0) is 32.0 Å². The smallest absolute Gasteiger partial charge is 0.141 e. The lowest BCUT2D eigenvalue weighted by Crippen LogP contribution is -2.22. The van der Waals surface area contributed by atoms with E-state index in [2.05, 4.69) is 17.2 Å². The molecular formula is C16H22FN3O.